The standard InChI is InChI=1S/C15H13BrN6O2/c16-11-8-12(22(23)24)15(18-9-11)17-7-6-13-19-14(21-20-13)10-4-2-1-3-5-10/h1-5,8-9H,6-7H2,(H,17,18)(H,19,20,21). The molecule has 0 spiro atoms. The number of nitrogens with one attached hydrogen (secondary N) is 2. The summed E-state index contributed by atoms with van der Waals surface area (Å²) >= 11 is 3.18. The summed E-state index contributed by atoms with van der Waals surface area (Å²) < 4.78 is 0.558. The topological polar surface area (TPSA) is 110 Å². The molecule has 0 saturated carbocycles. The van der Waals surface area contributed by atoms with Crippen LogP contribution in [0.15, 0.2) is 47.1 Å². The number of anilines is 1. The third-order valence-electron chi connectivity index (χ3n) is 3.25. The van der Waals surface area contributed by atoms with E-state index in [1.807, 2.05) is 30.3 Å². The van der Waals surface area contributed by atoms with Crippen molar-refractivity contribution in [2.45, 2.75) is 6.42 Å². The van der Waals surface area contributed by atoms with Crippen molar-refractivity contribution >= 4 is 27.4 Å². The number of rotatable bonds is 6. The number of hydrogen-bond acceptors (Lipinski definition) is 6. The molecule has 0 amide bonds. The first-order valence-electron chi connectivity index (χ1n) is 7.14. The van der Waals surface area contributed by atoms with Gasteiger partial charge in [0.2, 0.25) is 5.82 Å². The third kappa shape index (κ3) is 3.74. The molecular weight excluding hydrogens is 376 g/mol. The number of pyridine rings is 1. The number of halogens is 1. The molecule has 0 unspecified atom stereocenters. The van der Waals surface area contributed by atoms with Crippen LogP contribution >= 0.6 is 15.9 Å². The van der Waals surface area contributed by atoms with Gasteiger partial charge in [-0.3, -0.25) is 15.2 Å². The Labute approximate surface area is 145 Å². The molecule has 1 aromatic carbocycles. The zero-order valence-electron chi connectivity index (χ0n) is 12.4. The Morgan fingerprint density at radius 3 is 2.83 bits per heavy atom. The number of hydrogen-bond donors (Lipinski definition) is 2. The van der Waals surface area contributed by atoms with Crippen LogP contribution in [0.5, 0.6) is 0 Å². The fourth-order valence-corrected chi connectivity index (χ4v) is 2.45. The Bertz CT molecular complexity index is 852. The van der Waals surface area contributed by atoms with Gasteiger partial charge in [0, 0.05) is 35.3 Å². The van der Waals surface area contributed by atoms with E-state index in [1.165, 1.54) is 12.3 Å². The summed E-state index contributed by atoms with van der Waals surface area (Å²) in [4.78, 5) is 19.0. The van der Waals surface area contributed by atoms with E-state index >= 15 is 0 Å². The zero-order chi connectivity index (χ0) is 16.9. The quantitative estimate of drug-likeness (QED) is 0.495. The lowest BCUT2D eigenvalue weighted by Gasteiger charge is -2.05. The van der Waals surface area contributed by atoms with Gasteiger partial charge in [-0.1, -0.05) is 30.3 Å². The number of nitrogens with zero attached hydrogens (tertiary/aromatic N) is 4. The summed E-state index contributed by atoms with van der Waals surface area (Å²) in [5.41, 5.74) is 0.852. The molecular formula is C15H13BrN6O2. The van der Waals surface area contributed by atoms with Gasteiger partial charge in [0.1, 0.15) is 5.82 Å². The minimum Gasteiger partial charge on any atom is -0.364 e. The minimum atomic E-state index is -0.470. The van der Waals surface area contributed by atoms with Crippen molar-refractivity contribution in [3.8, 4) is 11.4 Å². The molecule has 0 saturated heterocycles. The van der Waals surface area contributed by atoms with Crippen molar-refractivity contribution < 1.29 is 4.92 Å². The second kappa shape index (κ2) is 7.18. The largest absolute Gasteiger partial charge is 0.364 e. The molecule has 2 aromatic heterocycles. The lowest BCUT2D eigenvalue weighted by molar-refractivity contribution is -0.384. The Hall–Kier alpha value is -2.81. The highest BCUT2D eigenvalue weighted by Gasteiger charge is 2.15. The average Bonchev–Trinajstić information content (AvgIpc) is 3.06. The maximum absolute atomic E-state index is 11.0. The molecule has 0 aliphatic heterocycles. The summed E-state index contributed by atoms with van der Waals surface area (Å²) in [6.07, 6.45) is 2.05. The smallest absolute Gasteiger partial charge is 0.312 e. The fraction of sp³-hybridized carbons (Fsp3) is 0.133. The van der Waals surface area contributed by atoms with Gasteiger partial charge in [0.15, 0.2) is 5.82 Å². The normalized spacial score (nSPS) is 10.5. The molecule has 2 heterocycles. The summed E-state index contributed by atoms with van der Waals surface area (Å²) in [5.74, 6) is 1.55. The highest BCUT2D eigenvalue weighted by molar-refractivity contribution is 9.10. The molecule has 0 radical (unpaired) electrons. The zero-order valence-corrected chi connectivity index (χ0v) is 14.0. The maximum atomic E-state index is 11.0. The maximum Gasteiger partial charge on any atom is 0.312 e. The first-order chi connectivity index (χ1) is 11.6. The van der Waals surface area contributed by atoms with Crippen LogP contribution < -0.4 is 5.32 Å². The summed E-state index contributed by atoms with van der Waals surface area (Å²) in [7, 11) is 0. The van der Waals surface area contributed by atoms with E-state index in [0.717, 1.165) is 5.56 Å². The van der Waals surface area contributed by atoms with Crippen LogP contribution in [0, 0.1) is 10.1 Å². The molecule has 0 aliphatic rings. The van der Waals surface area contributed by atoms with E-state index in [2.05, 4.69) is 41.4 Å². The summed E-state index contributed by atoms with van der Waals surface area (Å²) in [6.45, 7) is 0.443. The number of benzene rings is 1. The SMILES string of the molecule is O=[N+]([O-])c1cc(Br)cnc1NCCc1nc(-c2ccccc2)n[nH]1. The van der Waals surface area contributed by atoms with E-state index in [4.69, 9.17) is 0 Å². The second-order valence-electron chi connectivity index (χ2n) is 4.93. The predicted octanol–water partition coefficient (Wildman–Crippen LogP) is 3.19. The monoisotopic (exact) mass is 388 g/mol. The van der Waals surface area contributed by atoms with E-state index in [-0.39, 0.29) is 11.5 Å². The average molecular weight is 389 g/mol. The van der Waals surface area contributed by atoms with Crippen molar-refractivity contribution in [1.29, 1.82) is 0 Å². The molecule has 9 heteroatoms. The van der Waals surface area contributed by atoms with E-state index in [0.29, 0.717) is 29.1 Å². The number of aromatic amines is 1. The van der Waals surface area contributed by atoms with Gasteiger partial charge in [-0.15, -0.1) is 0 Å². The molecule has 2 N–H and O–H groups in total. The molecule has 0 atom stereocenters. The van der Waals surface area contributed by atoms with Crippen molar-refractivity contribution in [2.75, 3.05) is 11.9 Å². The highest BCUT2D eigenvalue weighted by atomic mass is 79.9. The number of aromatic nitrogens is 4. The van der Waals surface area contributed by atoms with Crippen LogP contribution in [0.25, 0.3) is 11.4 Å². The lowest BCUT2D eigenvalue weighted by atomic mass is 10.2. The molecule has 122 valence electrons. The Kier molecular flexibility index (Phi) is 4.80. The number of H-pyrrole nitrogens is 1. The van der Waals surface area contributed by atoms with Gasteiger partial charge in [-0.05, 0) is 15.9 Å². The molecule has 3 rings (SSSR count). The summed E-state index contributed by atoms with van der Waals surface area (Å²) in [6, 6.07) is 11.0. The van der Waals surface area contributed by atoms with Gasteiger partial charge < -0.3 is 5.32 Å². The van der Waals surface area contributed by atoms with Gasteiger partial charge in [-0.2, -0.15) is 5.10 Å². The van der Waals surface area contributed by atoms with E-state index in [1.54, 1.807) is 0 Å². The van der Waals surface area contributed by atoms with Gasteiger partial charge in [0.05, 0.1) is 4.92 Å². The van der Waals surface area contributed by atoms with Crippen molar-refractivity contribution in [1.82, 2.24) is 20.2 Å². The highest BCUT2D eigenvalue weighted by Crippen LogP contribution is 2.25. The number of nitro groups is 1. The molecule has 0 aliphatic carbocycles. The minimum absolute atomic E-state index is 0.0769. The molecule has 3 aromatic rings. The third-order valence-corrected chi connectivity index (χ3v) is 3.68. The fourth-order valence-electron chi connectivity index (χ4n) is 2.13. The Morgan fingerprint density at radius 2 is 2.08 bits per heavy atom. The van der Waals surface area contributed by atoms with Crippen LogP contribution in [0.3, 0.4) is 0 Å². The first-order valence-corrected chi connectivity index (χ1v) is 7.93. The Balaban J connectivity index is 1.64. The Morgan fingerprint density at radius 1 is 1.29 bits per heavy atom. The van der Waals surface area contributed by atoms with E-state index < -0.39 is 4.92 Å². The van der Waals surface area contributed by atoms with Crippen molar-refractivity contribution in [2.24, 2.45) is 0 Å². The van der Waals surface area contributed by atoms with Crippen molar-refractivity contribution in [3.63, 3.8) is 0 Å². The lowest BCUT2D eigenvalue weighted by Crippen LogP contribution is -2.09. The summed E-state index contributed by atoms with van der Waals surface area (Å²) in [5, 5.41) is 21.1. The van der Waals surface area contributed by atoms with Crippen LogP contribution in [0.4, 0.5) is 11.5 Å². The van der Waals surface area contributed by atoms with Crippen LogP contribution in [-0.2, 0) is 6.42 Å². The van der Waals surface area contributed by atoms with Crippen LogP contribution in [0.2, 0.25) is 0 Å². The first kappa shape index (κ1) is 16.1. The molecule has 0 fully saturated rings. The predicted molar refractivity (Wildman–Crippen MR) is 92.6 cm³/mol. The molecule has 24 heavy (non-hydrogen) atoms. The van der Waals surface area contributed by atoms with Crippen LogP contribution in [0.1, 0.15) is 5.82 Å². The second-order valence-corrected chi connectivity index (χ2v) is 5.84. The van der Waals surface area contributed by atoms with E-state index in [9.17, 15) is 10.1 Å². The van der Waals surface area contributed by atoms with Crippen LogP contribution in [-0.4, -0.2) is 31.6 Å². The van der Waals surface area contributed by atoms with Gasteiger partial charge in [0.25, 0.3) is 0 Å². The van der Waals surface area contributed by atoms with Gasteiger partial charge in [-0.25, -0.2) is 9.97 Å². The molecule has 0 bridgehead atoms. The van der Waals surface area contributed by atoms with Crippen molar-refractivity contribution in [3.05, 3.63) is 63.0 Å². The van der Waals surface area contributed by atoms with Gasteiger partial charge >= 0.3 is 5.69 Å². The molecule has 8 nitrogen and oxygen atoms in total.